The molecule has 0 unspecified atom stereocenters. The summed E-state index contributed by atoms with van der Waals surface area (Å²) in [5.41, 5.74) is 0. The normalized spacial score (nSPS) is 25.6. The van der Waals surface area contributed by atoms with E-state index >= 15 is 0 Å². The summed E-state index contributed by atoms with van der Waals surface area (Å²) in [5, 5.41) is 15.0. The fourth-order valence-corrected chi connectivity index (χ4v) is 9.89. The third-order valence-electron chi connectivity index (χ3n) is 6.78. The highest BCUT2D eigenvalue weighted by Crippen LogP contribution is 2.41. The molecule has 9 heteroatoms. The standard InChI is InChI=1S/C28H37NO7Si/c1-7-32-23(30)18-29(31)26-25-24(35-28(5,6)36-25)22(34-26)19-33-37(27(2,3)4,20-14-10-8-11-15-20)21-16-12-9-13-17-21/h8-18,22,24-26H,7,19H2,1-6H3/b29-18-/t22-,24-,25-,26-/m1/s1. The molecule has 0 bridgehead atoms. The molecule has 0 saturated carbocycles. The molecule has 0 aromatic heterocycles. The molecule has 2 saturated heterocycles. The van der Waals surface area contributed by atoms with Crippen molar-refractivity contribution in [3.63, 3.8) is 0 Å². The minimum absolute atomic E-state index is 0.169. The Bertz CT molecular complexity index is 1060. The molecule has 2 fully saturated rings. The Morgan fingerprint density at radius 1 is 1.03 bits per heavy atom. The van der Waals surface area contributed by atoms with Crippen molar-refractivity contribution < 1.29 is 32.9 Å². The molecular formula is C28H37NO7Si. The van der Waals surface area contributed by atoms with Crippen LogP contribution < -0.4 is 10.4 Å². The molecule has 0 spiro atoms. The Balaban J connectivity index is 1.68. The number of carbonyl (C=O) groups excluding carboxylic acids is 1. The van der Waals surface area contributed by atoms with Crippen molar-refractivity contribution in [1.29, 1.82) is 0 Å². The van der Waals surface area contributed by atoms with Crippen LogP contribution in [0.15, 0.2) is 60.7 Å². The maximum absolute atomic E-state index is 12.9. The number of hydrogen-bond acceptors (Lipinski definition) is 7. The van der Waals surface area contributed by atoms with Gasteiger partial charge < -0.3 is 28.6 Å². The van der Waals surface area contributed by atoms with Crippen LogP contribution in [-0.4, -0.2) is 68.8 Å². The minimum atomic E-state index is -2.83. The summed E-state index contributed by atoms with van der Waals surface area (Å²) in [6.07, 6.45) is -2.02. The number of nitrogens with zero attached hydrogens (tertiary/aromatic N) is 1. The zero-order valence-electron chi connectivity index (χ0n) is 22.4. The third kappa shape index (κ3) is 5.51. The maximum Gasteiger partial charge on any atom is 0.396 e. The van der Waals surface area contributed by atoms with Crippen LogP contribution in [0.25, 0.3) is 0 Å². The maximum atomic E-state index is 12.9. The summed E-state index contributed by atoms with van der Waals surface area (Å²) in [5.74, 6) is -1.64. The molecule has 37 heavy (non-hydrogen) atoms. The number of hydrogen-bond donors (Lipinski definition) is 0. The average Bonchev–Trinajstić information content (AvgIpc) is 3.33. The predicted octanol–water partition coefficient (Wildman–Crippen LogP) is 2.95. The quantitative estimate of drug-likeness (QED) is 0.130. The first-order valence-corrected chi connectivity index (χ1v) is 14.6. The molecule has 2 aliphatic rings. The highest BCUT2D eigenvalue weighted by atomic mass is 28.4. The fourth-order valence-electron chi connectivity index (χ4n) is 5.32. The van der Waals surface area contributed by atoms with Gasteiger partial charge in [-0.15, -0.1) is 0 Å². The fraction of sp³-hybridized carbons (Fsp3) is 0.500. The summed E-state index contributed by atoms with van der Waals surface area (Å²) >= 11 is 0. The van der Waals surface area contributed by atoms with Gasteiger partial charge in [-0.2, -0.15) is 4.74 Å². The van der Waals surface area contributed by atoms with Gasteiger partial charge in [0.1, 0.15) is 12.2 Å². The van der Waals surface area contributed by atoms with E-state index in [0.717, 1.165) is 16.6 Å². The van der Waals surface area contributed by atoms with E-state index in [1.165, 1.54) is 0 Å². The molecule has 0 N–H and O–H groups in total. The molecule has 2 aromatic carbocycles. The average molecular weight is 528 g/mol. The molecule has 0 amide bonds. The summed E-state index contributed by atoms with van der Waals surface area (Å²) in [7, 11) is -2.83. The number of esters is 1. The van der Waals surface area contributed by atoms with Crippen molar-refractivity contribution in [3.05, 3.63) is 65.9 Å². The number of carbonyl (C=O) groups is 1. The number of rotatable bonds is 8. The van der Waals surface area contributed by atoms with E-state index in [-0.39, 0.29) is 18.3 Å². The van der Waals surface area contributed by atoms with Crippen LogP contribution >= 0.6 is 0 Å². The lowest BCUT2D eigenvalue weighted by Crippen LogP contribution is -2.67. The Morgan fingerprint density at radius 2 is 1.57 bits per heavy atom. The molecule has 2 aromatic rings. The highest BCUT2D eigenvalue weighted by Gasteiger charge is 2.60. The van der Waals surface area contributed by atoms with E-state index in [1.54, 1.807) is 20.8 Å². The summed E-state index contributed by atoms with van der Waals surface area (Å²) in [6.45, 7) is 12.2. The smallest absolute Gasteiger partial charge is 0.396 e. The van der Waals surface area contributed by atoms with Crippen LogP contribution in [0.5, 0.6) is 0 Å². The molecular weight excluding hydrogens is 490 g/mol. The van der Waals surface area contributed by atoms with E-state index in [0.29, 0.717) is 4.74 Å². The van der Waals surface area contributed by atoms with Crippen molar-refractivity contribution in [2.24, 2.45) is 0 Å². The molecule has 8 nitrogen and oxygen atoms in total. The lowest BCUT2D eigenvalue weighted by atomic mass is 10.1. The van der Waals surface area contributed by atoms with E-state index in [9.17, 15) is 10.0 Å². The minimum Gasteiger partial charge on any atom is -0.622 e. The van der Waals surface area contributed by atoms with Gasteiger partial charge in [-0.3, -0.25) is 0 Å². The zero-order valence-corrected chi connectivity index (χ0v) is 23.4. The second-order valence-corrected chi connectivity index (χ2v) is 15.2. The number of ether oxygens (including phenoxy) is 4. The lowest BCUT2D eigenvalue weighted by molar-refractivity contribution is -0.561. The lowest BCUT2D eigenvalue weighted by Gasteiger charge is -2.43. The Kier molecular flexibility index (Phi) is 7.92. The van der Waals surface area contributed by atoms with Gasteiger partial charge in [0.25, 0.3) is 20.8 Å². The van der Waals surface area contributed by atoms with Crippen LogP contribution in [0.4, 0.5) is 0 Å². The van der Waals surface area contributed by atoms with E-state index in [4.69, 9.17) is 23.4 Å². The summed E-state index contributed by atoms with van der Waals surface area (Å²) < 4.78 is 30.8. The number of fused-ring (bicyclic) bond motifs is 1. The summed E-state index contributed by atoms with van der Waals surface area (Å²) in [4.78, 5) is 11.9. The van der Waals surface area contributed by atoms with Gasteiger partial charge in [-0.1, -0.05) is 81.4 Å². The van der Waals surface area contributed by atoms with Crippen molar-refractivity contribution in [3.8, 4) is 0 Å². The first kappa shape index (κ1) is 27.5. The third-order valence-corrected chi connectivity index (χ3v) is 11.8. The second kappa shape index (κ2) is 10.7. The van der Waals surface area contributed by atoms with Crippen LogP contribution in [-0.2, 0) is 28.2 Å². The molecule has 4 atom stereocenters. The van der Waals surface area contributed by atoms with Crippen molar-refractivity contribution in [2.75, 3.05) is 13.2 Å². The van der Waals surface area contributed by atoms with E-state index in [2.05, 4.69) is 45.0 Å². The predicted molar refractivity (Wildman–Crippen MR) is 142 cm³/mol. The van der Waals surface area contributed by atoms with Gasteiger partial charge in [0.15, 0.2) is 11.9 Å². The molecule has 0 aliphatic carbocycles. The molecule has 0 radical (unpaired) electrons. The van der Waals surface area contributed by atoms with Crippen LogP contribution in [0.3, 0.4) is 0 Å². The highest BCUT2D eigenvalue weighted by molar-refractivity contribution is 6.99. The van der Waals surface area contributed by atoms with E-state index in [1.807, 2.05) is 36.4 Å². The Morgan fingerprint density at radius 3 is 2.08 bits per heavy atom. The van der Waals surface area contributed by atoms with Gasteiger partial charge in [-0.25, -0.2) is 4.79 Å². The van der Waals surface area contributed by atoms with Gasteiger partial charge in [-0.05, 0) is 36.2 Å². The molecule has 2 aliphatic heterocycles. The zero-order chi connectivity index (χ0) is 26.8. The Labute approximate surface area is 219 Å². The molecule has 4 rings (SSSR count). The van der Waals surface area contributed by atoms with Crippen LogP contribution in [0.2, 0.25) is 5.04 Å². The van der Waals surface area contributed by atoms with Crippen molar-refractivity contribution >= 4 is 30.9 Å². The number of hydroxylamine groups is 1. The van der Waals surface area contributed by atoms with E-state index < -0.39 is 44.6 Å². The van der Waals surface area contributed by atoms with Crippen LogP contribution in [0, 0.1) is 5.21 Å². The SMILES string of the molecule is CCOC(=O)/C=[N+](\[O-])[C@@H]1O[C@H](CO[Si](c2ccccc2)(c2ccccc2)C(C)(C)C)[C@H]2OC(C)(C)O[C@H]21. The second-order valence-electron chi connectivity index (χ2n) is 10.8. The van der Waals surface area contributed by atoms with Gasteiger partial charge in [0, 0.05) is 0 Å². The first-order valence-electron chi connectivity index (χ1n) is 12.7. The largest absolute Gasteiger partial charge is 0.622 e. The van der Waals surface area contributed by atoms with Gasteiger partial charge >= 0.3 is 5.97 Å². The first-order chi connectivity index (χ1) is 17.5. The topological polar surface area (TPSA) is 89.3 Å². The molecule has 2 heterocycles. The monoisotopic (exact) mass is 527 g/mol. The van der Waals surface area contributed by atoms with Crippen molar-refractivity contribution in [1.82, 2.24) is 0 Å². The van der Waals surface area contributed by atoms with Gasteiger partial charge in [0.05, 0.1) is 13.2 Å². The number of benzene rings is 2. The Hall–Kier alpha value is -2.56. The van der Waals surface area contributed by atoms with Crippen LogP contribution in [0.1, 0.15) is 41.5 Å². The summed E-state index contributed by atoms with van der Waals surface area (Å²) in [6, 6.07) is 20.6. The van der Waals surface area contributed by atoms with Crippen molar-refractivity contribution in [2.45, 2.75) is 76.9 Å². The van der Waals surface area contributed by atoms with Gasteiger partial charge in [0.2, 0.25) is 0 Å². The molecule has 200 valence electrons.